The van der Waals surface area contributed by atoms with Crippen LogP contribution in [-0.2, 0) is 11.2 Å². The van der Waals surface area contributed by atoms with Gasteiger partial charge in [-0.2, -0.15) is 13.2 Å². The molecule has 5 heterocycles. The monoisotopic (exact) mass is 567 g/mol. The van der Waals surface area contributed by atoms with Crippen molar-refractivity contribution in [3.63, 3.8) is 0 Å². The molecule has 10 nitrogen and oxygen atoms in total. The van der Waals surface area contributed by atoms with Gasteiger partial charge in [-0.25, -0.2) is 28.3 Å². The summed E-state index contributed by atoms with van der Waals surface area (Å²) in [7, 11) is 0. The first-order valence-corrected chi connectivity index (χ1v) is 12.5. The molecule has 1 saturated heterocycles. The summed E-state index contributed by atoms with van der Waals surface area (Å²) in [5, 5.41) is 13.5. The van der Waals surface area contributed by atoms with Crippen LogP contribution >= 0.6 is 0 Å². The van der Waals surface area contributed by atoms with Gasteiger partial charge in [0.25, 0.3) is 6.43 Å². The molecule has 0 bridgehead atoms. The molecule has 6 rings (SSSR count). The van der Waals surface area contributed by atoms with Crippen LogP contribution in [0.25, 0.3) is 5.65 Å². The number of aryl methyl sites for hydroxylation is 1. The van der Waals surface area contributed by atoms with Gasteiger partial charge < -0.3 is 25.0 Å². The molecule has 214 valence electrons. The largest absolute Gasteiger partial charge is 0.490 e. The maximum absolute atomic E-state index is 13.6. The fourth-order valence-corrected chi connectivity index (χ4v) is 5.08. The average molecular weight is 568 g/mol. The normalized spacial score (nSPS) is 17.6. The van der Waals surface area contributed by atoms with Crippen molar-refractivity contribution in [3.05, 3.63) is 47.5 Å². The Bertz CT molecular complexity index is 1450. The molecular weight excluding hydrogens is 541 g/mol. The highest BCUT2D eigenvalue weighted by Gasteiger charge is 2.46. The van der Waals surface area contributed by atoms with E-state index in [4.69, 9.17) is 9.90 Å². The molecule has 1 spiro atoms. The predicted molar refractivity (Wildman–Crippen MR) is 135 cm³/mol. The van der Waals surface area contributed by atoms with Gasteiger partial charge in [0.1, 0.15) is 11.5 Å². The number of imidazole rings is 1. The number of carbonyl (C=O) groups is 2. The van der Waals surface area contributed by atoms with Gasteiger partial charge in [0, 0.05) is 61.6 Å². The topological polar surface area (TPSA) is 115 Å². The summed E-state index contributed by atoms with van der Waals surface area (Å²) in [6, 6.07) is 2.95. The lowest BCUT2D eigenvalue weighted by atomic mass is 10.1. The quantitative estimate of drug-likeness (QED) is 0.408. The highest BCUT2D eigenvalue weighted by atomic mass is 19.4. The molecule has 1 saturated carbocycles. The van der Waals surface area contributed by atoms with Crippen molar-refractivity contribution in [3.8, 4) is 0 Å². The number of hydrogen-bond acceptors (Lipinski definition) is 6. The van der Waals surface area contributed by atoms with E-state index in [1.165, 1.54) is 23.3 Å². The van der Waals surface area contributed by atoms with Crippen molar-refractivity contribution >= 4 is 34.8 Å². The summed E-state index contributed by atoms with van der Waals surface area (Å²) in [5.74, 6) is -2.12. The highest BCUT2D eigenvalue weighted by Crippen LogP contribution is 2.41. The molecule has 0 unspecified atom stereocenters. The third-order valence-electron chi connectivity index (χ3n) is 7.09. The first-order chi connectivity index (χ1) is 18.9. The Balaban J connectivity index is 0.000000411. The lowest BCUT2D eigenvalue weighted by Gasteiger charge is -2.36. The fraction of sp³-hybridized carbons (Fsp3) is 0.440. The van der Waals surface area contributed by atoms with E-state index in [0.717, 1.165) is 30.9 Å². The number of carbonyl (C=O) groups excluding carboxylic acids is 1. The number of urea groups is 1. The van der Waals surface area contributed by atoms with Gasteiger partial charge in [0.15, 0.2) is 0 Å². The second-order valence-electron chi connectivity index (χ2n) is 9.99. The lowest BCUT2D eigenvalue weighted by molar-refractivity contribution is -0.192. The third kappa shape index (κ3) is 5.50. The van der Waals surface area contributed by atoms with Gasteiger partial charge in [0.2, 0.25) is 0 Å². The summed E-state index contributed by atoms with van der Waals surface area (Å²) in [6.07, 6.45) is 0.351. The molecule has 1 aliphatic carbocycles. The molecule has 15 heteroatoms. The van der Waals surface area contributed by atoms with Crippen LogP contribution in [0.15, 0.2) is 30.7 Å². The summed E-state index contributed by atoms with van der Waals surface area (Å²) in [5.41, 5.74) is 3.36. The molecule has 0 radical (unpaired) electrons. The summed E-state index contributed by atoms with van der Waals surface area (Å²) in [4.78, 5) is 34.7. The number of nitrogens with one attached hydrogen (secondary N) is 2. The lowest BCUT2D eigenvalue weighted by Crippen LogP contribution is -2.52. The molecule has 2 aliphatic heterocycles. The number of fused-ring (bicyclic) bond motifs is 2. The molecule has 3 aromatic rings. The number of halogens is 5. The summed E-state index contributed by atoms with van der Waals surface area (Å²) < 4.78 is 60.5. The molecule has 0 aromatic carbocycles. The maximum Gasteiger partial charge on any atom is 0.490 e. The van der Waals surface area contributed by atoms with Gasteiger partial charge in [-0.1, -0.05) is 0 Å². The molecule has 3 N–H and O–H groups in total. The Hall–Kier alpha value is -4.01. The molecule has 2 fully saturated rings. The smallest absolute Gasteiger partial charge is 0.475 e. The van der Waals surface area contributed by atoms with E-state index in [2.05, 4.69) is 25.5 Å². The Morgan fingerprint density at radius 2 is 1.93 bits per heavy atom. The number of carboxylic acid groups (broad SMARTS) is 1. The van der Waals surface area contributed by atoms with E-state index in [1.807, 2.05) is 6.07 Å². The molecule has 40 heavy (non-hydrogen) atoms. The van der Waals surface area contributed by atoms with E-state index >= 15 is 0 Å². The maximum atomic E-state index is 13.6. The van der Waals surface area contributed by atoms with Crippen LogP contribution in [0.5, 0.6) is 0 Å². The van der Waals surface area contributed by atoms with Crippen LogP contribution in [0.1, 0.15) is 36.1 Å². The average Bonchev–Trinajstić information content (AvgIpc) is 3.30. The highest BCUT2D eigenvalue weighted by molar-refractivity contribution is 6.03. The number of hydrogen-bond donors (Lipinski definition) is 3. The number of carboxylic acids is 1. The van der Waals surface area contributed by atoms with E-state index in [9.17, 15) is 26.7 Å². The third-order valence-corrected chi connectivity index (χ3v) is 7.09. The van der Waals surface area contributed by atoms with E-state index in [-0.39, 0.29) is 22.8 Å². The van der Waals surface area contributed by atoms with E-state index < -0.39 is 18.6 Å². The zero-order chi connectivity index (χ0) is 28.8. The zero-order valence-corrected chi connectivity index (χ0v) is 21.3. The number of nitrogens with zero attached hydrogens (tertiary/aromatic N) is 5. The number of piperazine rings is 1. The van der Waals surface area contributed by atoms with Gasteiger partial charge in [-0.3, -0.25) is 4.90 Å². The van der Waals surface area contributed by atoms with Crippen LogP contribution in [0.4, 0.5) is 43.9 Å². The van der Waals surface area contributed by atoms with Crippen molar-refractivity contribution in [2.75, 3.05) is 41.3 Å². The van der Waals surface area contributed by atoms with Crippen LogP contribution in [0, 0.1) is 6.92 Å². The van der Waals surface area contributed by atoms with E-state index in [0.29, 0.717) is 30.2 Å². The Kier molecular flexibility index (Phi) is 7.02. The SMILES string of the molecule is Cc1cn2cc(NC(=O)N3CCc4c(N5CCNC6(CC6)C5)ccnc43)cc(C(F)F)c2n1.O=C(O)C(F)(F)F. The second kappa shape index (κ2) is 10.2. The van der Waals surface area contributed by atoms with Gasteiger partial charge >= 0.3 is 18.2 Å². The first-order valence-electron chi connectivity index (χ1n) is 12.5. The number of aliphatic carboxylic acids is 1. The molecule has 2 amide bonds. The number of anilines is 3. The van der Waals surface area contributed by atoms with Crippen LogP contribution in [-0.4, -0.2) is 69.4 Å². The minimum atomic E-state index is -5.08. The standard InChI is InChI=1S/C23H25F2N7O.C2HF3O2/c1-14-11-31-12-15(10-17(19(24)25)21(31)28-14)29-22(33)32-8-3-16-18(2-6-26-20(16)32)30-9-7-27-23(13-30)4-5-23;3-2(4,5)1(6)7/h2,6,10-12,19,27H,3-5,7-9,13H2,1H3,(H,29,33);(H,6,7). The predicted octanol–water partition coefficient (Wildman–Crippen LogP) is 4.15. The first kappa shape index (κ1) is 27.6. The van der Waals surface area contributed by atoms with Gasteiger partial charge in [0.05, 0.1) is 16.9 Å². The fourth-order valence-electron chi connectivity index (χ4n) is 5.08. The van der Waals surface area contributed by atoms with Crippen molar-refractivity contribution in [1.29, 1.82) is 0 Å². The Labute approximate surface area is 224 Å². The molecular formula is C25H26F5N7O3. The van der Waals surface area contributed by atoms with Crippen LogP contribution in [0.3, 0.4) is 0 Å². The zero-order valence-electron chi connectivity index (χ0n) is 21.3. The summed E-state index contributed by atoms with van der Waals surface area (Å²) >= 11 is 0. The summed E-state index contributed by atoms with van der Waals surface area (Å²) in [6.45, 7) is 5.08. The molecule has 3 aromatic heterocycles. The molecule has 0 atom stereocenters. The second-order valence-corrected chi connectivity index (χ2v) is 9.99. The number of amides is 2. The van der Waals surface area contributed by atoms with E-state index in [1.54, 1.807) is 30.4 Å². The van der Waals surface area contributed by atoms with Crippen molar-refractivity contribution in [2.24, 2.45) is 0 Å². The van der Waals surface area contributed by atoms with Crippen LogP contribution < -0.4 is 20.4 Å². The molecule has 3 aliphatic rings. The number of alkyl halides is 5. The van der Waals surface area contributed by atoms with Gasteiger partial charge in [-0.05, 0) is 38.3 Å². The number of aromatic nitrogens is 3. The Morgan fingerprint density at radius 1 is 1.20 bits per heavy atom. The Morgan fingerprint density at radius 3 is 2.58 bits per heavy atom. The number of rotatable bonds is 3. The minimum absolute atomic E-state index is 0.197. The van der Waals surface area contributed by atoms with Crippen molar-refractivity contribution in [2.45, 2.75) is 44.3 Å². The minimum Gasteiger partial charge on any atom is -0.475 e. The number of pyridine rings is 2. The van der Waals surface area contributed by atoms with Crippen LogP contribution in [0.2, 0.25) is 0 Å². The van der Waals surface area contributed by atoms with Crippen molar-refractivity contribution in [1.82, 2.24) is 19.7 Å². The van der Waals surface area contributed by atoms with Gasteiger partial charge in [-0.15, -0.1) is 0 Å². The van der Waals surface area contributed by atoms with Crippen molar-refractivity contribution < 1.29 is 36.6 Å².